The SMILES string of the molecule is O=C(NCCOC1CCCC1)c1cccc(F)c1F. The second-order valence-electron chi connectivity index (χ2n) is 4.63. The Morgan fingerprint density at radius 3 is 2.79 bits per heavy atom. The monoisotopic (exact) mass is 269 g/mol. The van der Waals surface area contributed by atoms with E-state index in [-0.39, 0.29) is 11.7 Å². The molecule has 0 bridgehead atoms. The van der Waals surface area contributed by atoms with Crippen molar-refractivity contribution in [3.05, 3.63) is 35.4 Å². The first-order chi connectivity index (χ1) is 9.18. The third kappa shape index (κ3) is 3.73. The first-order valence-electron chi connectivity index (χ1n) is 6.52. The molecule has 0 atom stereocenters. The number of nitrogens with one attached hydrogen (secondary N) is 1. The van der Waals surface area contributed by atoms with Gasteiger partial charge >= 0.3 is 0 Å². The summed E-state index contributed by atoms with van der Waals surface area (Å²) in [4.78, 5) is 11.6. The average Bonchev–Trinajstić information content (AvgIpc) is 2.91. The summed E-state index contributed by atoms with van der Waals surface area (Å²) in [5, 5.41) is 2.52. The van der Waals surface area contributed by atoms with Gasteiger partial charge in [-0.05, 0) is 25.0 Å². The molecule has 0 radical (unpaired) electrons. The molecular formula is C14H17F2NO2. The first-order valence-corrected chi connectivity index (χ1v) is 6.52. The highest BCUT2D eigenvalue weighted by Gasteiger charge is 2.16. The summed E-state index contributed by atoms with van der Waals surface area (Å²) in [5.41, 5.74) is -0.277. The van der Waals surface area contributed by atoms with Gasteiger partial charge in [0.25, 0.3) is 5.91 Å². The molecule has 1 aliphatic carbocycles. The lowest BCUT2D eigenvalue weighted by Crippen LogP contribution is -2.29. The Labute approximate surface area is 111 Å². The van der Waals surface area contributed by atoms with Crippen LogP contribution in [0.4, 0.5) is 8.78 Å². The van der Waals surface area contributed by atoms with Crippen LogP contribution in [0.25, 0.3) is 0 Å². The molecule has 0 heterocycles. The largest absolute Gasteiger partial charge is 0.376 e. The van der Waals surface area contributed by atoms with Gasteiger partial charge in [-0.3, -0.25) is 4.79 Å². The summed E-state index contributed by atoms with van der Waals surface area (Å²) in [6.07, 6.45) is 4.78. The Bertz CT molecular complexity index is 445. The van der Waals surface area contributed by atoms with Crippen LogP contribution in [0.3, 0.4) is 0 Å². The molecule has 0 aromatic heterocycles. The number of amides is 1. The Kier molecular flexibility index (Phi) is 4.85. The van der Waals surface area contributed by atoms with E-state index >= 15 is 0 Å². The maximum absolute atomic E-state index is 13.3. The minimum absolute atomic E-state index is 0.277. The molecule has 1 amide bonds. The smallest absolute Gasteiger partial charge is 0.254 e. The molecule has 1 aromatic carbocycles. The highest BCUT2D eigenvalue weighted by molar-refractivity contribution is 5.94. The van der Waals surface area contributed by atoms with E-state index in [1.54, 1.807) is 0 Å². The highest BCUT2D eigenvalue weighted by atomic mass is 19.2. The zero-order chi connectivity index (χ0) is 13.7. The van der Waals surface area contributed by atoms with Gasteiger partial charge in [0.15, 0.2) is 11.6 Å². The van der Waals surface area contributed by atoms with Crippen LogP contribution in [0.1, 0.15) is 36.0 Å². The quantitative estimate of drug-likeness (QED) is 0.835. The molecule has 2 rings (SSSR count). The van der Waals surface area contributed by atoms with Crippen LogP contribution in [0, 0.1) is 11.6 Å². The van der Waals surface area contributed by atoms with Crippen molar-refractivity contribution >= 4 is 5.91 Å². The van der Waals surface area contributed by atoms with Gasteiger partial charge in [0.1, 0.15) is 0 Å². The first kappa shape index (κ1) is 13.9. The Balaban J connectivity index is 1.76. The van der Waals surface area contributed by atoms with Crippen LogP contribution in [-0.2, 0) is 4.74 Å². The lowest BCUT2D eigenvalue weighted by molar-refractivity contribution is 0.0581. The van der Waals surface area contributed by atoms with Crippen molar-refractivity contribution in [2.75, 3.05) is 13.2 Å². The van der Waals surface area contributed by atoms with Gasteiger partial charge in [-0.2, -0.15) is 0 Å². The summed E-state index contributed by atoms with van der Waals surface area (Å²) >= 11 is 0. The lowest BCUT2D eigenvalue weighted by atomic mass is 10.2. The number of halogens is 2. The zero-order valence-electron chi connectivity index (χ0n) is 10.6. The molecule has 3 nitrogen and oxygen atoms in total. The number of carbonyl (C=O) groups excluding carboxylic acids is 1. The summed E-state index contributed by atoms with van der Waals surface area (Å²) in [6.45, 7) is 0.693. The van der Waals surface area contributed by atoms with E-state index in [0.29, 0.717) is 13.2 Å². The molecule has 0 unspecified atom stereocenters. The predicted octanol–water partition coefficient (Wildman–Crippen LogP) is 2.65. The summed E-state index contributed by atoms with van der Waals surface area (Å²) < 4.78 is 31.9. The van der Waals surface area contributed by atoms with Gasteiger partial charge in [0.2, 0.25) is 0 Å². The van der Waals surface area contributed by atoms with Crippen LogP contribution >= 0.6 is 0 Å². The topological polar surface area (TPSA) is 38.3 Å². The van der Waals surface area contributed by atoms with E-state index in [1.807, 2.05) is 0 Å². The molecule has 5 heteroatoms. The molecule has 0 saturated heterocycles. The van der Waals surface area contributed by atoms with Crippen LogP contribution < -0.4 is 5.32 Å². The zero-order valence-corrected chi connectivity index (χ0v) is 10.6. The van der Waals surface area contributed by atoms with E-state index in [0.717, 1.165) is 18.9 Å². The summed E-state index contributed by atoms with van der Waals surface area (Å²) in [7, 11) is 0. The third-order valence-corrected chi connectivity index (χ3v) is 3.24. The Morgan fingerprint density at radius 2 is 2.05 bits per heavy atom. The number of ether oxygens (including phenoxy) is 1. The van der Waals surface area contributed by atoms with Gasteiger partial charge in [-0.1, -0.05) is 18.9 Å². The summed E-state index contributed by atoms with van der Waals surface area (Å²) in [6, 6.07) is 3.54. The van der Waals surface area contributed by atoms with Crippen molar-refractivity contribution in [2.45, 2.75) is 31.8 Å². The van der Waals surface area contributed by atoms with Crippen molar-refractivity contribution in [3.8, 4) is 0 Å². The fourth-order valence-electron chi connectivity index (χ4n) is 2.22. The fourth-order valence-corrected chi connectivity index (χ4v) is 2.22. The maximum Gasteiger partial charge on any atom is 0.254 e. The standard InChI is InChI=1S/C14H17F2NO2/c15-12-7-3-6-11(13(12)16)14(18)17-8-9-19-10-4-1-2-5-10/h3,6-7,10H,1-2,4-5,8-9H2,(H,17,18). The molecule has 0 aliphatic heterocycles. The molecule has 1 saturated carbocycles. The minimum Gasteiger partial charge on any atom is -0.376 e. The molecular weight excluding hydrogens is 252 g/mol. The molecule has 1 fully saturated rings. The predicted molar refractivity (Wildman–Crippen MR) is 66.9 cm³/mol. The Morgan fingerprint density at radius 1 is 1.32 bits per heavy atom. The van der Waals surface area contributed by atoms with E-state index in [4.69, 9.17) is 4.74 Å². The van der Waals surface area contributed by atoms with Crippen LogP contribution in [0.15, 0.2) is 18.2 Å². The molecule has 1 aliphatic rings. The highest BCUT2D eigenvalue weighted by Crippen LogP contribution is 2.20. The minimum atomic E-state index is -1.11. The number of rotatable bonds is 5. The van der Waals surface area contributed by atoms with Crippen molar-refractivity contribution in [1.82, 2.24) is 5.32 Å². The van der Waals surface area contributed by atoms with Crippen LogP contribution in [0.2, 0.25) is 0 Å². The fraction of sp³-hybridized carbons (Fsp3) is 0.500. The van der Waals surface area contributed by atoms with Gasteiger partial charge in [-0.25, -0.2) is 8.78 Å². The summed E-state index contributed by atoms with van der Waals surface area (Å²) in [5.74, 6) is -2.75. The normalized spacial score (nSPS) is 15.7. The average molecular weight is 269 g/mol. The maximum atomic E-state index is 13.3. The Hall–Kier alpha value is -1.49. The molecule has 1 aromatic rings. The van der Waals surface area contributed by atoms with Crippen molar-refractivity contribution in [2.24, 2.45) is 0 Å². The number of carbonyl (C=O) groups is 1. The second-order valence-corrected chi connectivity index (χ2v) is 4.63. The van der Waals surface area contributed by atoms with Crippen LogP contribution in [0.5, 0.6) is 0 Å². The molecule has 104 valence electrons. The third-order valence-electron chi connectivity index (χ3n) is 3.24. The van der Waals surface area contributed by atoms with Crippen molar-refractivity contribution in [3.63, 3.8) is 0 Å². The van der Waals surface area contributed by atoms with Gasteiger partial charge in [0.05, 0.1) is 18.3 Å². The van der Waals surface area contributed by atoms with E-state index in [1.165, 1.54) is 25.0 Å². The lowest BCUT2D eigenvalue weighted by Gasteiger charge is -2.11. The van der Waals surface area contributed by atoms with Crippen molar-refractivity contribution < 1.29 is 18.3 Å². The number of benzene rings is 1. The van der Waals surface area contributed by atoms with E-state index in [2.05, 4.69) is 5.32 Å². The molecule has 1 N–H and O–H groups in total. The van der Waals surface area contributed by atoms with E-state index < -0.39 is 17.5 Å². The van der Waals surface area contributed by atoms with Crippen molar-refractivity contribution in [1.29, 1.82) is 0 Å². The second kappa shape index (κ2) is 6.61. The number of hydrogen-bond donors (Lipinski definition) is 1. The van der Waals surface area contributed by atoms with Gasteiger partial charge < -0.3 is 10.1 Å². The molecule has 19 heavy (non-hydrogen) atoms. The van der Waals surface area contributed by atoms with Crippen LogP contribution in [-0.4, -0.2) is 25.2 Å². The number of hydrogen-bond acceptors (Lipinski definition) is 2. The molecule has 0 spiro atoms. The van der Waals surface area contributed by atoms with E-state index in [9.17, 15) is 13.6 Å². The van der Waals surface area contributed by atoms with Gasteiger partial charge in [-0.15, -0.1) is 0 Å². The van der Waals surface area contributed by atoms with Gasteiger partial charge in [0, 0.05) is 6.54 Å².